The Balaban J connectivity index is 2.10. The maximum atomic E-state index is 11.7. The molecule has 0 spiro atoms. The van der Waals surface area contributed by atoms with Crippen LogP contribution in [0, 0.1) is 5.41 Å². The smallest absolute Gasteiger partial charge is 0.220 e. The fourth-order valence-electron chi connectivity index (χ4n) is 2.20. The highest BCUT2D eigenvalue weighted by molar-refractivity contribution is 5.76. The summed E-state index contributed by atoms with van der Waals surface area (Å²) in [5.41, 5.74) is 5.23. The Morgan fingerprint density at radius 3 is 2.53 bits per heavy atom. The third kappa shape index (κ3) is 3.96. The van der Waals surface area contributed by atoms with Crippen LogP contribution < -0.4 is 11.1 Å². The average Bonchev–Trinajstić information content (AvgIpc) is 2.28. The largest absolute Gasteiger partial charge is 0.392 e. The van der Waals surface area contributed by atoms with E-state index in [1.54, 1.807) is 0 Å². The van der Waals surface area contributed by atoms with Gasteiger partial charge in [-0.25, -0.2) is 0 Å². The molecule has 1 amide bonds. The van der Waals surface area contributed by atoms with E-state index in [-0.39, 0.29) is 23.5 Å². The van der Waals surface area contributed by atoms with Crippen molar-refractivity contribution in [2.45, 2.75) is 64.5 Å². The van der Waals surface area contributed by atoms with E-state index in [0.29, 0.717) is 12.8 Å². The van der Waals surface area contributed by atoms with Crippen LogP contribution in [0.25, 0.3) is 0 Å². The number of carbonyl (C=O) groups excluding carboxylic acids is 1. The zero-order valence-electron chi connectivity index (χ0n) is 11.0. The second-order valence-corrected chi connectivity index (χ2v) is 5.65. The van der Waals surface area contributed by atoms with Crippen molar-refractivity contribution in [1.82, 2.24) is 5.32 Å². The predicted molar refractivity (Wildman–Crippen MR) is 68.5 cm³/mol. The molecule has 17 heavy (non-hydrogen) atoms. The fraction of sp³-hybridized carbons (Fsp3) is 0.923. The van der Waals surface area contributed by atoms with Crippen LogP contribution in [0.15, 0.2) is 0 Å². The number of carbonyl (C=O) groups is 1. The average molecular weight is 242 g/mol. The highest BCUT2D eigenvalue weighted by Crippen LogP contribution is 2.40. The first kappa shape index (κ1) is 14.5. The van der Waals surface area contributed by atoms with Gasteiger partial charge in [-0.2, -0.15) is 0 Å². The zero-order chi connectivity index (χ0) is 12.9. The summed E-state index contributed by atoms with van der Waals surface area (Å²) in [5, 5.41) is 12.6. The first-order valence-corrected chi connectivity index (χ1v) is 6.66. The molecule has 1 aliphatic rings. The van der Waals surface area contributed by atoms with E-state index in [1.165, 1.54) is 0 Å². The number of aliphatic hydroxyl groups excluding tert-OH is 1. The van der Waals surface area contributed by atoms with E-state index in [0.717, 1.165) is 32.2 Å². The van der Waals surface area contributed by atoms with E-state index in [1.807, 2.05) is 13.8 Å². The van der Waals surface area contributed by atoms with Gasteiger partial charge in [0.05, 0.1) is 6.10 Å². The molecular weight excluding hydrogens is 216 g/mol. The summed E-state index contributed by atoms with van der Waals surface area (Å²) in [6.07, 6.45) is 5.15. The molecule has 100 valence electrons. The van der Waals surface area contributed by atoms with Gasteiger partial charge < -0.3 is 16.2 Å². The molecule has 1 rings (SSSR count). The summed E-state index contributed by atoms with van der Waals surface area (Å²) in [7, 11) is 0. The fourth-order valence-corrected chi connectivity index (χ4v) is 2.20. The molecule has 0 saturated heterocycles. The molecular formula is C13H26N2O2. The molecule has 2 atom stereocenters. The molecule has 4 nitrogen and oxygen atoms in total. The first-order chi connectivity index (χ1) is 7.98. The third-order valence-electron chi connectivity index (χ3n) is 3.91. The van der Waals surface area contributed by atoms with Crippen LogP contribution in [-0.2, 0) is 4.79 Å². The van der Waals surface area contributed by atoms with Crippen LogP contribution in [0.5, 0.6) is 0 Å². The Kier molecular flexibility index (Phi) is 5.40. The van der Waals surface area contributed by atoms with Gasteiger partial charge in [0, 0.05) is 17.9 Å². The van der Waals surface area contributed by atoms with Crippen LogP contribution in [0.3, 0.4) is 0 Å². The van der Waals surface area contributed by atoms with Crippen molar-refractivity contribution in [3.05, 3.63) is 0 Å². The third-order valence-corrected chi connectivity index (χ3v) is 3.91. The second kappa shape index (κ2) is 6.36. The van der Waals surface area contributed by atoms with E-state index in [4.69, 9.17) is 5.73 Å². The van der Waals surface area contributed by atoms with E-state index >= 15 is 0 Å². The van der Waals surface area contributed by atoms with Crippen molar-refractivity contribution in [3.63, 3.8) is 0 Å². The lowest BCUT2D eigenvalue weighted by molar-refractivity contribution is -0.129. The van der Waals surface area contributed by atoms with Crippen LogP contribution in [0.1, 0.15) is 52.4 Å². The van der Waals surface area contributed by atoms with Crippen molar-refractivity contribution in [1.29, 1.82) is 0 Å². The van der Waals surface area contributed by atoms with Crippen LogP contribution in [-0.4, -0.2) is 29.7 Å². The zero-order valence-corrected chi connectivity index (χ0v) is 11.0. The van der Waals surface area contributed by atoms with Crippen LogP contribution in [0.4, 0.5) is 0 Å². The lowest BCUT2D eigenvalue weighted by Crippen LogP contribution is -2.61. The molecule has 0 heterocycles. The monoisotopic (exact) mass is 242 g/mol. The molecule has 0 aromatic rings. The first-order valence-electron chi connectivity index (χ1n) is 6.66. The van der Waals surface area contributed by atoms with Gasteiger partial charge in [-0.05, 0) is 25.8 Å². The second-order valence-electron chi connectivity index (χ2n) is 5.65. The highest BCUT2D eigenvalue weighted by atomic mass is 16.3. The Morgan fingerprint density at radius 1 is 1.35 bits per heavy atom. The molecule has 0 bridgehead atoms. The predicted octanol–water partition coefficient (Wildman–Crippen LogP) is 1.17. The lowest BCUT2D eigenvalue weighted by Gasteiger charge is -2.49. The topological polar surface area (TPSA) is 75.3 Å². The summed E-state index contributed by atoms with van der Waals surface area (Å²) in [5.74, 6) is 0.114. The van der Waals surface area contributed by atoms with Crippen molar-refractivity contribution in [3.8, 4) is 0 Å². The van der Waals surface area contributed by atoms with Crippen molar-refractivity contribution in [2.24, 2.45) is 11.1 Å². The van der Waals surface area contributed by atoms with Crippen molar-refractivity contribution >= 4 is 5.91 Å². The molecule has 4 N–H and O–H groups in total. The molecule has 2 unspecified atom stereocenters. The van der Waals surface area contributed by atoms with Gasteiger partial charge in [-0.15, -0.1) is 0 Å². The molecule has 1 fully saturated rings. The number of amides is 1. The van der Waals surface area contributed by atoms with E-state index in [2.05, 4.69) is 5.32 Å². The molecule has 0 aromatic heterocycles. The summed E-state index contributed by atoms with van der Waals surface area (Å²) < 4.78 is 0. The van der Waals surface area contributed by atoms with Gasteiger partial charge in [0.2, 0.25) is 5.91 Å². The number of hydrogen-bond donors (Lipinski definition) is 3. The van der Waals surface area contributed by atoms with Crippen molar-refractivity contribution in [2.75, 3.05) is 6.54 Å². The number of unbranched alkanes of at least 4 members (excludes halogenated alkanes) is 3. The number of rotatable bonds is 7. The highest BCUT2D eigenvalue weighted by Gasteiger charge is 2.47. The molecule has 0 aliphatic heterocycles. The van der Waals surface area contributed by atoms with Gasteiger partial charge >= 0.3 is 0 Å². The molecule has 0 aromatic carbocycles. The van der Waals surface area contributed by atoms with Crippen LogP contribution in [0.2, 0.25) is 0 Å². The number of nitrogens with two attached hydrogens (primary N) is 1. The summed E-state index contributed by atoms with van der Waals surface area (Å²) in [4.78, 5) is 11.7. The lowest BCUT2D eigenvalue weighted by atomic mass is 9.64. The van der Waals surface area contributed by atoms with Crippen molar-refractivity contribution < 1.29 is 9.90 Å². The number of hydrogen-bond acceptors (Lipinski definition) is 3. The minimum atomic E-state index is -0.280. The SMILES string of the molecule is CC1(C)C(O)CC1NC(=O)CCCCCCN. The molecule has 4 heteroatoms. The standard InChI is InChI=1S/C13H26N2O2/c1-13(2)10(9-11(13)16)15-12(17)7-5-3-4-6-8-14/h10-11,16H,3-9,14H2,1-2H3,(H,15,17). The van der Waals surface area contributed by atoms with Gasteiger partial charge in [0.25, 0.3) is 0 Å². The molecule has 1 saturated carbocycles. The molecule has 1 aliphatic carbocycles. The molecule has 0 radical (unpaired) electrons. The maximum Gasteiger partial charge on any atom is 0.220 e. The Hall–Kier alpha value is -0.610. The maximum absolute atomic E-state index is 11.7. The summed E-state index contributed by atoms with van der Waals surface area (Å²) in [6, 6.07) is 0.133. The number of nitrogens with one attached hydrogen (secondary N) is 1. The Labute approximate surface area is 104 Å². The number of aliphatic hydroxyl groups is 1. The van der Waals surface area contributed by atoms with Gasteiger partial charge in [0.15, 0.2) is 0 Å². The quantitative estimate of drug-likeness (QED) is 0.587. The van der Waals surface area contributed by atoms with Gasteiger partial charge in [0.1, 0.15) is 0 Å². The Morgan fingerprint density at radius 2 is 2.00 bits per heavy atom. The van der Waals surface area contributed by atoms with E-state index in [9.17, 15) is 9.90 Å². The van der Waals surface area contributed by atoms with Gasteiger partial charge in [-0.1, -0.05) is 26.7 Å². The summed E-state index contributed by atoms with van der Waals surface area (Å²) >= 11 is 0. The van der Waals surface area contributed by atoms with Crippen LogP contribution >= 0.6 is 0 Å². The minimum Gasteiger partial charge on any atom is -0.392 e. The minimum absolute atomic E-state index is 0.114. The van der Waals surface area contributed by atoms with E-state index < -0.39 is 0 Å². The normalized spacial score (nSPS) is 26.4. The Bertz CT molecular complexity index is 254. The van der Waals surface area contributed by atoms with Gasteiger partial charge in [-0.3, -0.25) is 4.79 Å². The summed E-state index contributed by atoms with van der Waals surface area (Å²) in [6.45, 7) is 4.72.